The third-order valence-corrected chi connectivity index (χ3v) is 2.41. The van der Waals surface area contributed by atoms with Gasteiger partial charge in [0, 0.05) is 23.5 Å². The Labute approximate surface area is 92.8 Å². The molecule has 0 amide bonds. The zero-order valence-electron chi connectivity index (χ0n) is 8.77. The standard InChI is InChI=1S/C13H10FNO/c1-9-2-3-12(14)5-13(9)11-4-10(8-16)6-15-7-11/h2-8H,1H3. The number of rotatable bonds is 2. The monoisotopic (exact) mass is 215 g/mol. The summed E-state index contributed by atoms with van der Waals surface area (Å²) >= 11 is 0. The molecule has 0 spiro atoms. The maximum Gasteiger partial charge on any atom is 0.151 e. The molecule has 0 aliphatic carbocycles. The van der Waals surface area contributed by atoms with E-state index in [9.17, 15) is 9.18 Å². The zero-order valence-corrected chi connectivity index (χ0v) is 8.77. The average Bonchev–Trinajstić information content (AvgIpc) is 2.32. The molecule has 3 heteroatoms. The number of hydrogen-bond acceptors (Lipinski definition) is 2. The summed E-state index contributed by atoms with van der Waals surface area (Å²) in [5, 5.41) is 0. The van der Waals surface area contributed by atoms with E-state index in [1.54, 1.807) is 18.3 Å². The number of carbonyl (C=O) groups is 1. The summed E-state index contributed by atoms with van der Waals surface area (Å²) in [6.07, 6.45) is 3.82. The molecular formula is C13H10FNO. The van der Waals surface area contributed by atoms with E-state index in [1.807, 2.05) is 6.92 Å². The normalized spacial score (nSPS) is 10.1. The van der Waals surface area contributed by atoms with Crippen LogP contribution in [0.1, 0.15) is 15.9 Å². The first-order valence-corrected chi connectivity index (χ1v) is 4.87. The molecule has 0 saturated carbocycles. The third-order valence-electron chi connectivity index (χ3n) is 2.41. The predicted molar refractivity (Wildman–Crippen MR) is 59.8 cm³/mol. The molecule has 80 valence electrons. The Bertz CT molecular complexity index is 537. The van der Waals surface area contributed by atoms with Crippen LogP contribution in [-0.2, 0) is 0 Å². The number of aldehydes is 1. The number of hydrogen-bond donors (Lipinski definition) is 0. The molecule has 1 heterocycles. The Morgan fingerprint density at radius 1 is 1.25 bits per heavy atom. The maximum absolute atomic E-state index is 13.1. The Morgan fingerprint density at radius 3 is 2.81 bits per heavy atom. The third kappa shape index (κ3) is 1.98. The van der Waals surface area contributed by atoms with Gasteiger partial charge in [-0.25, -0.2) is 4.39 Å². The van der Waals surface area contributed by atoms with Crippen LogP contribution in [0.15, 0.2) is 36.7 Å². The average molecular weight is 215 g/mol. The molecule has 2 nitrogen and oxygen atoms in total. The number of nitrogens with zero attached hydrogens (tertiary/aromatic N) is 1. The van der Waals surface area contributed by atoms with E-state index in [-0.39, 0.29) is 5.82 Å². The summed E-state index contributed by atoms with van der Waals surface area (Å²) < 4.78 is 13.1. The summed E-state index contributed by atoms with van der Waals surface area (Å²) in [6.45, 7) is 1.89. The van der Waals surface area contributed by atoms with Gasteiger partial charge in [0.05, 0.1) is 0 Å². The van der Waals surface area contributed by atoms with Crippen LogP contribution in [-0.4, -0.2) is 11.3 Å². The second-order valence-electron chi connectivity index (χ2n) is 3.58. The van der Waals surface area contributed by atoms with Crippen molar-refractivity contribution in [3.05, 3.63) is 53.6 Å². The van der Waals surface area contributed by atoms with E-state index in [0.717, 1.165) is 23.0 Å². The lowest BCUT2D eigenvalue weighted by Gasteiger charge is -2.05. The number of benzene rings is 1. The van der Waals surface area contributed by atoms with Gasteiger partial charge in [-0.3, -0.25) is 9.78 Å². The van der Waals surface area contributed by atoms with Crippen LogP contribution in [0.25, 0.3) is 11.1 Å². The first-order valence-electron chi connectivity index (χ1n) is 4.87. The van der Waals surface area contributed by atoms with E-state index in [4.69, 9.17) is 0 Å². The summed E-state index contributed by atoms with van der Waals surface area (Å²) in [7, 11) is 0. The Hall–Kier alpha value is -2.03. The van der Waals surface area contributed by atoms with E-state index >= 15 is 0 Å². The quantitative estimate of drug-likeness (QED) is 0.721. The molecule has 0 saturated heterocycles. The van der Waals surface area contributed by atoms with Gasteiger partial charge >= 0.3 is 0 Å². The molecule has 16 heavy (non-hydrogen) atoms. The van der Waals surface area contributed by atoms with E-state index in [1.165, 1.54) is 18.3 Å². The number of carbonyl (C=O) groups excluding carboxylic acids is 1. The van der Waals surface area contributed by atoms with E-state index in [0.29, 0.717) is 5.56 Å². The molecule has 0 bridgehead atoms. The Morgan fingerprint density at radius 2 is 2.06 bits per heavy atom. The molecule has 0 N–H and O–H groups in total. The second kappa shape index (κ2) is 4.23. The van der Waals surface area contributed by atoms with Crippen molar-refractivity contribution in [2.45, 2.75) is 6.92 Å². The first kappa shape index (κ1) is 10.5. The molecule has 2 aromatic rings. The van der Waals surface area contributed by atoms with Gasteiger partial charge in [-0.2, -0.15) is 0 Å². The molecule has 0 atom stereocenters. The van der Waals surface area contributed by atoms with E-state index < -0.39 is 0 Å². The first-order chi connectivity index (χ1) is 7.70. The predicted octanol–water partition coefficient (Wildman–Crippen LogP) is 3.01. The summed E-state index contributed by atoms with van der Waals surface area (Å²) in [4.78, 5) is 14.6. The van der Waals surface area contributed by atoms with Crippen molar-refractivity contribution in [1.29, 1.82) is 0 Å². The van der Waals surface area contributed by atoms with Gasteiger partial charge in [0.2, 0.25) is 0 Å². The molecule has 0 radical (unpaired) electrons. The lowest BCUT2D eigenvalue weighted by molar-refractivity contribution is 0.112. The fourth-order valence-corrected chi connectivity index (χ4v) is 1.57. The second-order valence-corrected chi connectivity index (χ2v) is 3.58. The molecule has 0 aliphatic heterocycles. The van der Waals surface area contributed by atoms with Crippen molar-refractivity contribution in [1.82, 2.24) is 4.98 Å². The van der Waals surface area contributed by atoms with Gasteiger partial charge in [-0.15, -0.1) is 0 Å². The van der Waals surface area contributed by atoms with Crippen molar-refractivity contribution in [3.63, 3.8) is 0 Å². The van der Waals surface area contributed by atoms with Gasteiger partial charge in [0.15, 0.2) is 6.29 Å². The largest absolute Gasteiger partial charge is 0.298 e. The minimum absolute atomic E-state index is 0.294. The van der Waals surface area contributed by atoms with Crippen molar-refractivity contribution in [3.8, 4) is 11.1 Å². The highest BCUT2D eigenvalue weighted by Gasteiger charge is 2.04. The molecular weight excluding hydrogens is 205 g/mol. The molecule has 1 aromatic carbocycles. The Balaban J connectivity index is 2.57. The van der Waals surface area contributed by atoms with Gasteiger partial charge in [-0.05, 0) is 36.2 Å². The fourth-order valence-electron chi connectivity index (χ4n) is 1.57. The number of aryl methyl sites for hydroxylation is 1. The van der Waals surface area contributed by atoms with Crippen LogP contribution in [0, 0.1) is 12.7 Å². The molecule has 2 rings (SSSR count). The fraction of sp³-hybridized carbons (Fsp3) is 0.0769. The topological polar surface area (TPSA) is 30.0 Å². The van der Waals surface area contributed by atoms with Crippen LogP contribution in [0.2, 0.25) is 0 Å². The van der Waals surface area contributed by atoms with Crippen molar-refractivity contribution >= 4 is 6.29 Å². The summed E-state index contributed by atoms with van der Waals surface area (Å²) in [6, 6.07) is 6.26. The molecule has 0 fully saturated rings. The highest BCUT2D eigenvalue weighted by molar-refractivity contribution is 5.78. The number of pyridine rings is 1. The Kier molecular flexibility index (Phi) is 2.77. The van der Waals surface area contributed by atoms with Crippen LogP contribution < -0.4 is 0 Å². The van der Waals surface area contributed by atoms with Crippen LogP contribution in [0.5, 0.6) is 0 Å². The minimum Gasteiger partial charge on any atom is -0.298 e. The van der Waals surface area contributed by atoms with Gasteiger partial charge < -0.3 is 0 Å². The summed E-state index contributed by atoms with van der Waals surface area (Å²) in [5.41, 5.74) is 2.95. The number of aromatic nitrogens is 1. The highest BCUT2D eigenvalue weighted by Crippen LogP contribution is 2.23. The summed E-state index contributed by atoms with van der Waals surface area (Å²) in [5.74, 6) is -0.294. The zero-order chi connectivity index (χ0) is 11.5. The van der Waals surface area contributed by atoms with Crippen LogP contribution in [0.3, 0.4) is 0 Å². The molecule has 1 aromatic heterocycles. The van der Waals surface area contributed by atoms with Crippen molar-refractivity contribution < 1.29 is 9.18 Å². The smallest absolute Gasteiger partial charge is 0.151 e. The lowest BCUT2D eigenvalue weighted by Crippen LogP contribution is -1.89. The van der Waals surface area contributed by atoms with Crippen LogP contribution in [0.4, 0.5) is 4.39 Å². The molecule has 0 aliphatic rings. The van der Waals surface area contributed by atoms with Crippen LogP contribution >= 0.6 is 0 Å². The number of halogens is 1. The van der Waals surface area contributed by atoms with Gasteiger partial charge in [0.1, 0.15) is 5.82 Å². The SMILES string of the molecule is Cc1ccc(F)cc1-c1cncc(C=O)c1. The highest BCUT2D eigenvalue weighted by atomic mass is 19.1. The van der Waals surface area contributed by atoms with Gasteiger partial charge in [-0.1, -0.05) is 6.07 Å². The van der Waals surface area contributed by atoms with E-state index in [2.05, 4.69) is 4.98 Å². The minimum atomic E-state index is -0.294. The molecule has 0 unspecified atom stereocenters. The lowest BCUT2D eigenvalue weighted by atomic mass is 10.0. The van der Waals surface area contributed by atoms with Crippen molar-refractivity contribution in [2.75, 3.05) is 0 Å². The maximum atomic E-state index is 13.1. The van der Waals surface area contributed by atoms with Crippen molar-refractivity contribution in [2.24, 2.45) is 0 Å². The van der Waals surface area contributed by atoms with Gasteiger partial charge in [0.25, 0.3) is 0 Å².